The Labute approximate surface area is 68.6 Å². The molecule has 0 aromatic carbocycles. The summed E-state index contributed by atoms with van der Waals surface area (Å²) in [6, 6.07) is 3.66. The van der Waals surface area contributed by atoms with Crippen molar-refractivity contribution < 1.29 is 0 Å². The first-order valence-electron chi connectivity index (χ1n) is 3.21. The summed E-state index contributed by atoms with van der Waals surface area (Å²) < 4.78 is 1.76. The summed E-state index contributed by atoms with van der Waals surface area (Å²) in [6.45, 7) is 0. The van der Waals surface area contributed by atoms with Crippen LogP contribution in [0.25, 0.3) is 11.0 Å². The number of aromatic nitrogens is 3. The lowest BCUT2D eigenvalue weighted by atomic mass is 10.4. The highest BCUT2D eigenvalue weighted by Gasteiger charge is 1.99. The van der Waals surface area contributed by atoms with Gasteiger partial charge in [0.05, 0.1) is 11.7 Å². The monoisotopic (exact) mass is 167 g/mol. The highest BCUT2D eigenvalue weighted by Crippen LogP contribution is 2.13. The fourth-order valence-electron chi connectivity index (χ4n) is 1.01. The van der Waals surface area contributed by atoms with E-state index in [0.717, 1.165) is 11.0 Å². The van der Waals surface area contributed by atoms with E-state index in [1.54, 1.807) is 16.9 Å². The van der Waals surface area contributed by atoms with Gasteiger partial charge in [-0.25, -0.2) is 4.98 Å². The molecule has 0 aliphatic rings. The van der Waals surface area contributed by atoms with Gasteiger partial charge in [-0.1, -0.05) is 11.6 Å². The fourth-order valence-corrected chi connectivity index (χ4v) is 1.17. The van der Waals surface area contributed by atoms with E-state index in [-0.39, 0.29) is 0 Å². The molecule has 2 aromatic heterocycles. The maximum absolute atomic E-state index is 5.68. The van der Waals surface area contributed by atoms with Gasteiger partial charge >= 0.3 is 0 Å². The molecule has 2 heterocycles. The molecule has 2 rings (SSSR count). The highest BCUT2D eigenvalue weighted by atomic mass is 35.5. The summed E-state index contributed by atoms with van der Waals surface area (Å²) in [5, 5.41) is 4.54. The molecule has 2 aromatic rings. The van der Waals surface area contributed by atoms with Crippen molar-refractivity contribution in [2.45, 2.75) is 0 Å². The van der Waals surface area contributed by atoms with Gasteiger partial charge in [-0.05, 0) is 12.1 Å². The number of nitrogens with zero attached hydrogens (tertiary/aromatic N) is 3. The van der Waals surface area contributed by atoms with Gasteiger partial charge in [0.1, 0.15) is 10.7 Å². The number of hydrogen-bond donors (Lipinski definition) is 0. The van der Waals surface area contributed by atoms with Crippen LogP contribution in [0.2, 0.25) is 5.15 Å². The lowest BCUT2D eigenvalue weighted by Gasteiger charge is -1.91. The zero-order chi connectivity index (χ0) is 7.84. The Morgan fingerprint density at radius 1 is 1.45 bits per heavy atom. The van der Waals surface area contributed by atoms with E-state index in [9.17, 15) is 0 Å². The van der Waals surface area contributed by atoms with Crippen molar-refractivity contribution in [1.29, 1.82) is 0 Å². The van der Waals surface area contributed by atoms with Gasteiger partial charge < -0.3 is 0 Å². The molecule has 0 aliphatic heterocycles. The maximum atomic E-state index is 5.68. The van der Waals surface area contributed by atoms with Crippen molar-refractivity contribution >= 4 is 22.6 Å². The van der Waals surface area contributed by atoms with Crippen molar-refractivity contribution in [3.05, 3.63) is 23.5 Å². The molecule has 0 atom stereocenters. The molecule has 56 valence electrons. The Morgan fingerprint density at radius 3 is 3.09 bits per heavy atom. The van der Waals surface area contributed by atoms with E-state index in [1.807, 2.05) is 13.1 Å². The Balaban J connectivity index is 2.86. The molecule has 4 heteroatoms. The van der Waals surface area contributed by atoms with Crippen LogP contribution in [-0.2, 0) is 7.05 Å². The number of rotatable bonds is 0. The molecule has 0 aliphatic carbocycles. The minimum Gasteiger partial charge on any atom is -0.266 e. The zero-order valence-corrected chi connectivity index (χ0v) is 6.71. The fraction of sp³-hybridized carbons (Fsp3) is 0.143. The van der Waals surface area contributed by atoms with Gasteiger partial charge in [-0.15, -0.1) is 0 Å². The van der Waals surface area contributed by atoms with Crippen molar-refractivity contribution in [1.82, 2.24) is 14.8 Å². The third-order valence-electron chi connectivity index (χ3n) is 1.57. The molecule has 0 N–H and O–H groups in total. The summed E-state index contributed by atoms with van der Waals surface area (Å²) in [6.07, 6.45) is 1.70. The Kier molecular flexibility index (Phi) is 1.32. The molecule has 0 unspecified atom stereocenters. The Bertz CT molecular complexity index is 393. The lowest BCUT2D eigenvalue weighted by molar-refractivity contribution is 0.797. The quantitative estimate of drug-likeness (QED) is 0.559. The predicted octanol–water partition coefficient (Wildman–Crippen LogP) is 1.62. The van der Waals surface area contributed by atoms with Gasteiger partial charge in [0.25, 0.3) is 0 Å². The molecule has 0 saturated heterocycles. The number of halogens is 1. The highest BCUT2D eigenvalue weighted by molar-refractivity contribution is 6.29. The number of hydrogen-bond acceptors (Lipinski definition) is 2. The zero-order valence-electron chi connectivity index (χ0n) is 5.95. The largest absolute Gasteiger partial charge is 0.266 e. The Hall–Kier alpha value is -1.09. The van der Waals surface area contributed by atoms with Crippen LogP contribution in [-0.4, -0.2) is 14.8 Å². The van der Waals surface area contributed by atoms with Crippen molar-refractivity contribution in [3.8, 4) is 0 Å². The van der Waals surface area contributed by atoms with Gasteiger partial charge in [-0.3, -0.25) is 4.68 Å². The van der Waals surface area contributed by atoms with Crippen LogP contribution in [0.1, 0.15) is 0 Å². The lowest BCUT2D eigenvalue weighted by Crippen LogP contribution is -1.88. The van der Waals surface area contributed by atoms with Crippen LogP contribution < -0.4 is 0 Å². The summed E-state index contributed by atoms with van der Waals surface area (Å²) >= 11 is 5.68. The molecular weight excluding hydrogens is 162 g/mol. The SMILES string of the molecule is Cn1ncc2nc(Cl)ccc21. The van der Waals surface area contributed by atoms with Crippen LogP contribution in [0.3, 0.4) is 0 Å². The van der Waals surface area contributed by atoms with Gasteiger partial charge in [0.2, 0.25) is 0 Å². The molecule has 0 fully saturated rings. The molecule has 0 saturated carbocycles. The van der Waals surface area contributed by atoms with Gasteiger partial charge in [0, 0.05) is 7.05 Å². The molecule has 0 amide bonds. The second-order valence-corrected chi connectivity index (χ2v) is 2.69. The molecule has 0 spiro atoms. The second kappa shape index (κ2) is 2.20. The third kappa shape index (κ3) is 0.973. The average molecular weight is 168 g/mol. The molecule has 11 heavy (non-hydrogen) atoms. The van der Waals surface area contributed by atoms with E-state index in [0.29, 0.717) is 5.15 Å². The van der Waals surface area contributed by atoms with E-state index in [1.165, 1.54) is 0 Å². The summed E-state index contributed by atoms with van der Waals surface area (Å²) in [5.41, 5.74) is 1.83. The Morgan fingerprint density at radius 2 is 2.27 bits per heavy atom. The van der Waals surface area contributed by atoms with Gasteiger partial charge in [0.15, 0.2) is 0 Å². The number of aryl methyl sites for hydroxylation is 1. The summed E-state index contributed by atoms with van der Waals surface area (Å²) in [5.74, 6) is 0. The van der Waals surface area contributed by atoms with Crippen molar-refractivity contribution in [2.24, 2.45) is 7.05 Å². The average Bonchev–Trinajstić information content (AvgIpc) is 2.32. The van der Waals surface area contributed by atoms with Crippen LogP contribution in [0.5, 0.6) is 0 Å². The van der Waals surface area contributed by atoms with Crippen LogP contribution >= 0.6 is 11.6 Å². The van der Waals surface area contributed by atoms with Crippen LogP contribution in [0, 0.1) is 0 Å². The molecule has 0 radical (unpaired) electrons. The summed E-state index contributed by atoms with van der Waals surface area (Å²) in [7, 11) is 1.87. The maximum Gasteiger partial charge on any atom is 0.129 e. The predicted molar refractivity (Wildman–Crippen MR) is 43.5 cm³/mol. The first kappa shape index (κ1) is 6.61. The molecular formula is C7H6ClN3. The van der Waals surface area contributed by atoms with Crippen LogP contribution in [0.15, 0.2) is 18.3 Å². The van der Waals surface area contributed by atoms with E-state index >= 15 is 0 Å². The molecule has 3 nitrogen and oxygen atoms in total. The summed E-state index contributed by atoms with van der Waals surface area (Å²) in [4.78, 5) is 4.08. The first-order chi connectivity index (χ1) is 5.27. The topological polar surface area (TPSA) is 30.7 Å². The second-order valence-electron chi connectivity index (χ2n) is 2.31. The number of fused-ring (bicyclic) bond motifs is 1. The van der Waals surface area contributed by atoms with Crippen LogP contribution in [0.4, 0.5) is 0 Å². The molecule has 0 bridgehead atoms. The van der Waals surface area contributed by atoms with Crippen molar-refractivity contribution in [3.63, 3.8) is 0 Å². The minimum atomic E-state index is 0.505. The van der Waals surface area contributed by atoms with E-state index in [2.05, 4.69) is 10.1 Å². The smallest absolute Gasteiger partial charge is 0.129 e. The normalized spacial score (nSPS) is 10.7. The third-order valence-corrected chi connectivity index (χ3v) is 1.78. The standard InChI is InChI=1S/C7H6ClN3/c1-11-6-2-3-7(8)10-5(6)4-9-11/h2-4H,1H3. The van der Waals surface area contributed by atoms with Crippen molar-refractivity contribution in [2.75, 3.05) is 0 Å². The van der Waals surface area contributed by atoms with Gasteiger partial charge in [-0.2, -0.15) is 5.10 Å². The number of pyridine rings is 1. The van der Waals surface area contributed by atoms with E-state index < -0.39 is 0 Å². The minimum absolute atomic E-state index is 0.505. The first-order valence-corrected chi connectivity index (χ1v) is 3.59. The van der Waals surface area contributed by atoms with E-state index in [4.69, 9.17) is 11.6 Å².